The number of fused-ring (bicyclic) bond motifs is 1. The number of nitrogens with one attached hydrogen (secondary N) is 2. The molecule has 3 aromatic rings. The van der Waals surface area contributed by atoms with Crippen LogP contribution in [0.25, 0.3) is 10.8 Å². The zero-order valence-electron chi connectivity index (χ0n) is 16.1. The molecule has 1 aliphatic rings. The van der Waals surface area contributed by atoms with Crippen molar-refractivity contribution in [1.29, 1.82) is 0 Å². The molecule has 8 nitrogen and oxygen atoms in total. The van der Waals surface area contributed by atoms with Crippen LogP contribution >= 0.6 is 0 Å². The Morgan fingerprint density at radius 1 is 1.03 bits per heavy atom. The Morgan fingerprint density at radius 3 is 2.55 bits per heavy atom. The van der Waals surface area contributed by atoms with Crippen LogP contribution in [0.4, 0.5) is 0 Å². The van der Waals surface area contributed by atoms with Gasteiger partial charge < -0.3 is 15.2 Å². The van der Waals surface area contributed by atoms with Gasteiger partial charge in [-0.15, -0.1) is 0 Å². The van der Waals surface area contributed by atoms with E-state index in [0.717, 1.165) is 19.6 Å². The number of rotatable bonds is 6. The maximum Gasteiger partial charge on any atom is 0.274 e. The summed E-state index contributed by atoms with van der Waals surface area (Å²) < 4.78 is 1.48. The van der Waals surface area contributed by atoms with Crippen LogP contribution in [0.1, 0.15) is 28.9 Å². The molecule has 0 radical (unpaired) electrons. The third-order valence-electron chi connectivity index (χ3n) is 5.25. The highest BCUT2D eigenvalue weighted by Gasteiger charge is 2.15. The minimum absolute atomic E-state index is 0.0409. The molecular formula is C21H23N5O3. The molecule has 4 rings (SSSR count). The number of likely N-dealkylation sites (tertiary alicyclic amines) is 1. The van der Waals surface area contributed by atoms with E-state index in [2.05, 4.69) is 20.3 Å². The van der Waals surface area contributed by atoms with Gasteiger partial charge >= 0.3 is 0 Å². The number of nitrogens with zero attached hydrogens (tertiary/aromatic N) is 3. The summed E-state index contributed by atoms with van der Waals surface area (Å²) >= 11 is 0. The van der Waals surface area contributed by atoms with E-state index in [1.807, 2.05) is 18.2 Å². The van der Waals surface area contributed by atoms with Crippen LogP contribution in [0.5, 0.6) is 0 Å². The fraction of sp³-hybridized carbons (Fsp3) is 0.333. The number of hydrogen-bond donors (Lipinski definition) is 2. The predicted octanol–water partition coefficient (Wildman–Crippen LogP) is 1.11. The van der Waals surface area contributed by atoms with E-state index in [0.29, 0.717) is 23.0 Å². The van der Waals surface area contributed by atoms with Crippen molar-refractivity contribution < 1.29 is 4.79 Å². The van der Waals surface area contributed by atoms with Crippen molar-refractivity contribution in [1.82, 2.24) is 25.0 Å². The van der Waals surface area contributed by atoms with Gasteiger partial charge in [0.2, 0.25) is 0 Å². The number of aromatic amines is 1. The van der Waals surface area contributed by atoms with E-state index < -0.39 is 11.5 Å². The van der Waals surface area contributed by atoms with Gasteiger partial charge in [-0.1, -0.05) is 18.2 Å². The molecular weight excluding hydrogens is 370 g/mol. The minimum Gasteiger partial charge on any atom is -0.346 e. The topological polar surface area (TPSA) is 100 Å². The third-order valence-corrected chi connectivity index (χ3v) is 5.25. The second-order valence-corrected chi connectivity index (χ2v) is 7.16. The van der Waals surface area contributed by atoms with Gasteiger partial charge in [-0.05, 0) is 44.1 Å². The van der Waals surface area contributed by atoms with Crippen molar-refractivity contribution in [2.45, 2.75) is 25.9 Å². The Bertz CT molecular complexity index is 1140. The van der Waals surface area contributed by atoms with Crippen LogP contribution in [-0.4, -0.2) is 45.2 Å². The second-order valence-electron chi connectivity index (χ2n) is 7.16. The summed E-state index contributed by atoms with van der Waals surface area (Å²) in [7, 11) is 0. The van der Waals surface area contributed by atoms with Crippen molar-refractivity contribution in [3.8, 4) is 0 Å². The molecule has 0 unspecified atom stereocenters. The number of amides is 1. The average Bonchev–Trinajstić information content (AvgIpc) is 3.26. The first-order chi connectivity index (χ1) is 14.1. The first-order valence-electron chi connectivity index (χ1n) is 9.80. The lowest BCUT2D eigenvalue weighted by Gasteiger charge is -2.16. The quantitative estimate of drug-likeness (QED) is 0.654. The molecule has 2 N–H and O–H groups in total. The Hall–Kier alpha value is -3.26. The fourth-order valence-electron chi connectivity index (χ4n) is 3.69. The molecule has 0 atom stereocenters. The summed E-state index contributed by atoms with van der Waals surface area (Å²) in [6.45, 7) is 3.50. The molecule has 0 aliphatic carbocycles. The van der Waals surface area contributed by atoms with Crippen molar-refractivity contribution in [2.24, 2.45) is 0 Å². The molecule has 1 aromatic carbocycles. The van der Waals surface area contributed by atoms with Crippen molar-refractivity contribution in [2.75, 3.05) is 19.6 Å². The largest absolute Gasteiger partial charge is 0.346 e. The summed E-state index contributed by atoms with van der Waals surface area (Å²) in [5.41, 5.74) is 0.0641. The molecule has 29 heavy (non-hydrogen) atoms. The molecule has 3 heterocycles. The highest BCUT2D eigenvalue weighted by Crippen LogP contribution is 2.14. The zero-order valence-corrected chi connectivity index (χ0v) is 16.1. The monoisotopic (exact) mass is 393 g/mol. The first-order valence-corrected chi connectivity index (χ1v) is 9.80. The summed E-state index contributed by atoms with van der Waals surface area (Å²) in [5, 5.41) is 8.55. The summed E-state index contributed by atoms with van der Waals surface area (Å²) in [6, 6.07) is 10.3. The van der Waals surface area contributed by atoms with Crippen molar-refractivity contribution >= 4 is 16.7 Å². The van der Waals surface area contributed by atoms with Crippen LogP contribution in [0, 0.1) is 0 Å². The first kappa shape index (κ1) is 19.1. The van der Waals surface area contributed by atoms with Gasteiger partial charge in [-0.3, -0.25) is 14.4 Å². The van der Waals surface area contributed by atoms with Crippen molar-refractivity contribution in [3.63, 3.8) is 0 Å². The van der Waals surface area contributed by atoms with Crippen LogP contribution < -0.4 is 16.4 Å². The lowest BCUT2D eigenvalue weighted by Crippen LogP contribution is -2.33. The van der Waals surface area contributed by atoms with Gasteiger partial charge in [0, 0.05) is 18.1 Å². The maximum absolute atomic E-state index is 12.8. The lowest BCUT2D eigenvalue weighted by molar-refractivity contribution is 0.0949. The van der Waals surface area contributed by atoms with Crippen LogP contribution in [0.2, 0.25) is 0 Å². The van der Waals surface area contributed by atoms with E-state index in [1.54, 1.807) is 12.1 Å². The number of carbonyl (C=O) groups excluding carboxylic acids is 1. The highest BCUT2D eigenvalue weighted by atomic mass is 16.2. The van der Waals surface area contributed by atoms with Crippen molar-refractivity contribution in [3.05, 3.63) is 74.6 Å². The molecule has 1 aliphatic heterocycles. The molecule has 0 saturated carbocycles. The highest BCUT2D eigenvalue weighted by molar-refractivity contribution is 5.94. The molecule has 150 valence electrons. The van der Waals surface area contributed by atoms with Gasteiger partial charge in [-0.25, -0.2) is 4.68 Å². The molecule has 0 bridgehead atoms. The second kappa shape index (κ2) is 8.40. The maximum atomic E-state index is 12.8. The van der Waals surface area contributed by atoms with Gasteiger partial charge in [0.15, 0.2) is 0 Å². The standard InChI is InChI=1S/C21H23N5O3/c27-19-17(8-5-9-22-19)20(28)23-14-18-15-6-1-2-7-16(15)21(29)26(24-18)13-12-25-10-3-4-11-25/h1-2,5-9H,3-4,10-14H2,(H,22,27)(H,23,28). The summed E-state index contributed by atoms with van der Waals surface area (Å²) in [6.07, 6.45) is 3.86. The number of benzene rings is 1. The smallest absolute Gasteiger partial charge is 0.274 e. The summed E-state index contributed by atoms with van der Waals surface area (Å²) in [5.74, 6) is -0.479. The SMILES string of the molecule is O=C(NCc1nn(CCN2CCCC2)c(=O)c2ccccc12)c1ccc[nH]c1=O. The number of hydrogen-bond acceptors (Lipinski definition) is 5. The Labute approximate surface area is 167 Å². The van der Waals surface area contributed by atoms with E-state index in [4.69, 9.17) is 0 Å². The Kier molecular flexibility index (Phi) is 5.53. The average molecular weight is 393 g/mol. The molecule has 1 saturated heterocycles. The summed E-state index contributed by atoms with van der Waals surface area (Å²) in [4.78, 5) is 41.9. The van der Waals surface area contributed by atoms with E-state index in [-0.39, 0.29) is 17.7 Å². The Balaban J connectivity index is 1.59. The van der Waals surface area contributed by atoms with Gasteiger partial charge in [0.05, 0.1) is 24.2 Å². The van der Waals surface area contributed by atoms with Gasteiger partial charge in [0.1, 0.15) is 5.56 Å². The molecule has 0 spiro atoms. The van der Waals surface area contributed by atoms with Crippen LogP contribution in [-0.2, 0) is 13.1 Å². The van der Waals surface area contributed by atoms with E-state index in [9.17, 15) is 14.4 Å². The predicted molar refractivity (Wildman–Crippen MR) is 110 cm³/mol. The normalized spacial score (nSPS) is 14.3. The molecule has 2 aromatic heterocycles. The fourth-order valence-corrected chi connectivity index (χ4v) is 3.69. The number of H-pyrrole nitrogens is 1. The van der Waals surface area contributed by atoms with Crippen LogP contribution in [0.3, 0.4) is 0 Å². The lowest BCUT2D eigenvalue weighted by atomic mass is 10.1. The number of pyridine rings is 1. The minimum atomic E-state index is -0.479. The molecule has 8 heteroatoms. The van der Waals surface area contributed by atoms with Gasteiger partial charge in [-0.2, -0.15) is 5.10 Å². The molecule has 1 fully saturated rings. The zero-order chi connectivity index (χ0) is 20.2. The number of carbonyl (C=O) groups is 1. The van der Waals surface area contributed by atoms with Crippen LogP contribution in [0.15, 0.2) is 52.2 Å². The third kappa shape index (κ3) is 4.12. The van der Waals surface area contributed by atoms with Gasteiger partial charge in [0.25, 0.3) is 17.0 Å². The number of aromatic nitrogens is 3. The van der Waals surface area contributed by atoms with E-state index in [1.165, 1.54) is 29.8 Å². The Morgan fingerprint density at radius 2 is 1.79 bits per heavy atom. The molecule has 1 amide bonds. The van der Waals surface area contributed by atoms with E-state index >= 15 is 0 Å².